The Morgan fingerprint density at radius 3 is 2.79 bits per heavy atom. The van der Waals surface area contributed by atoms with Gasteiger partial charge in [0.05, 0.1) is 6.61 Å². The lowest BCUT2D eigenvalue weighted by atomic mass is 10.1. The van der Waals surface area contributed by atoms with E-state index in [0.29, 0.717) is 18.1 Å². The van der Waals surface area contributed by atoms with Crippen molar-refractivity contribution in [3.63, 3.8) is 0 Å². The SMILES string of the molecule is NC(=O)c1n[nH]nc1-c1ccccc1OCCCN1CCCCC1. The number of nitrogens with one attached hydrogen (secondary N) is 1. The summed E-state index contributed by atoms with van der Waals surface area (Å²) in [5.41, 5.74) is 6.61. The molecule has 7 heteroatoms. The second-order valence-electron chi connectivity index (χ2n) is 5.99. The molecule has 0 aliphatic carbocycles. The summed E-state index contributed by atoms with van der Waals surface area (Å²) < 4.78 is 5.93. The number of primary amides is 1. The number of carbonyl (C=O) groups excluding carboxylic acids is 1. The summed E-state index contributed by atoms with van der Waals surface area (Å²) in [6, 6.07) is 7.49. The topological polar surface area (TPSA) is 97.1 Å². The van der Waals surface area contributed by atoms with Crippen molar-refractivity contribution in [1.29, 1.82) is 0 Å². The van der Waals surface area contributed by atoms with Crippen LogP contribution < -0.4 is 10.5 Å². The van der Waals surface area contributed by atoms with E-state index in [1.54, 1.807) is 0 Å². The van der Waals surface area contributed by atoms with E-state index < -0.39 is 5.91 Å². The zero-order chi connectivity index (χ0) is 16.8. The summed E-state index contributed by atoms with van der Waals surface area (Å²) in [6.07, 6.45) is 4.91. The van der Waals surface area contributed by atoms with E-state index in [1.807, 2.05) is 24.3 Å². The fourth-order valence-electron chi connectivity index (χ4n) is 3.03. The first-order chi connectivity index (χ1) is 11.8. The number of H-pyrrole nitrogens is 1. The van der Waals surface area contributed by atoms with Crippen LogP contribution in [0, 0.1) is 0 Å². The first-order valence-electron chi connectivity index (χ1n) is 8.41. The molecule has 2 aromatic rings. The van der Waals surface area contributed by atoms with E-state index in [1.165, 1.54) is 32.4 Å². The maximum absolute atomic E-state index is 11.5. The molecule has 0 unspecified atom stereocenters. The molecule has 24 heavy (non-hydrogen) atoms. The van der Waals surface area contributed by atoms with Gasteiger partial charge in [-0.3, -0.25) is 4.79 Å². The van der Waals surface area contributed by atoms with Gasteiger partial charge in [-0.25, -0.2) is 0 Å². The van der Waals surface area contributed by atoms with Crippen LogP contribution in [0.4, 0.5) is 0 Å². The second kappa shape index (κ2) is 7.92. The lowest BCUT2D eigenvalue weighted by molar-refractivity contribution is 0.0996. The van der Waals surface area contributed by atoms with Gasteiger partial charge in [0.15, 0.2) is 5.69 Å². The lowest BCUT2D eigenvalue weighted by Crippen LogP contribution is -2.31. The Labute approximate surface area is 141 Å². The van der Waals surface area contributed by atoms with Crippen molar-refractivity contribution in [2.24, 2.45) is 5.73 Å². The van der Waals surface area contributed by atoms with E-state index >= 15 is 0 Å². The van der Waals surface area contributed by atoms with E-state index in [9.17, 15) is 4.79 Å². The van der Waals surface area contributed by atoms with Crippen molar-refractivity contribution in [3.8, 4) is 17.0 Å². The third kappa shape index (κ3) is 3.91. The Balaban J connectivity index is 1.62. The minimum absolute atomic E-state index is 0.124. The third-order valence-electron chi connectivity index (χ3n) is 4.25. The minimum atomic E-state index is -0.612. The average molecular weight is 329 g/mol. The van der Waals surface area contributed by atoms with Crippen molar-refractivity contribution in [2.45, 2.75) is 25.7 Å². The van der Waals surface area contributed by atoms with Crippen LogP contribution in [0.5, 0.6) is 5.75 Å². The summed E-state index contributed by atoms with van der Waals surface area (Å²) >= 11 is 0. The number of hydrogen-bond acceptors (Lipinski definition) is 5. The predicted octanol–water partition coefficient (Wildman–Crippen LogP) is 1.83. The van der Waals surface area contributed by atoms with Crippen LogP contribution in [0.2, 0.25) is 0 Å². The van der Waals surface area contributed by atoms with Crippen LogP contribution in [-0.2, 0) is 0 Å². The number of amides is 1. The number of nitrogens with two attached hydrogens (primary N) is 1. The van der Waals surface area contributed by atoms with Gasteiger partial charge < -0.3 is 15.4 Å². The molecule has 1 aromatic carbocycles. The molecule has 7 nitrogen and oxygen atoms in total. The normalized spacial score (nSPS) is 15.3. The Hall–Kier alpha value is -2.41. The van der Waals surface area contributed by atoms with E-state index in [4.69, 9.17) is 10.5 Å². The van der Waals surface area contributed by atoms with E-state index in [0.717, 1.165) is 18.5 Å². The minimum Gasteiger partial charge on any atom is -0.493 e. The zero-order valence-corrected chi connectivity index (χ0v) is 13.7. The molecule has 0 bridgehead atoms. The number of para-hydroxylation sites is 1. The number of hydrogen-bond donors (Lipinski definition) is 2. The van der Waals surface area contributed by atoms with Gasteiger partial charge in [-0.05, 0) is 44.5 Å². The fraction of sp³-hybridized carbons (Fsp3) is 0.471. The Kier molecular flexibility index (Phi) is 5.43. The van der Waals surface area contributed by atoms with Crippen LogP contribution >= 0.6 is 0 Å². The van der Waals surface area contributed by atoms with E-state index in [-0.39, 0.29) is 5.69 Å². The molecule has 0 atom stereocenters. The molecular formula is C17H23N5O2. The number of aromatic nitrogens is 3. The number of likely N-dealkylation sites (tertiary alicyclic amines) is 1. The van der Waals surface area contributed by atoms with E-state index in [2.05, 4.69) is 20.3 Å². The number of piperidine rings is 1. The maximum Gasteiger partial charge on any atom is 0.271 e. The lowest BCUT2D eigenvalue weighted by Gasteiger charge is -2.26. The van der Waals surface area contributed by atoms with Gasteiger partial charge in [0.25, 0.3) is 5.91 Å². The smallest absolute Gasteiger partial charge is 0.271 e. The standard InChI is InChI=1S/C17H23N5O2/c18-17(23)16-15(19-21-20-16)13-7-2-3-8-14(13)24-12-6-11-22-9-4-1-5-10-22/h2-3,7-8H,1,4-6,9-12H2,(H2,18,23)(H,19,20,21). The monoisotopic (exact) mass is 329 g/mol. The summed E-state index contributed by atoms with van der Waals surface area (Å²) in [4.78, 5) is 13.9. The summed E-state index contributed by atoms with van der Waals surface area (Å²) in [5, 5.41) is 10.3. The molecule has 1 aromatic heterocycles. The van der Waals surface area contributed by atoms with Gasteiger partial charge in [0, 0.05) is 12.1 Å². The second-order valence-corrected chi connectivity index (χ2v) is 5.99. The molecule has 1 aliphatic rings. The van der Waals surface area contributed by atoms with Crippen LogP contribution in [-0.4, -0.2) is 52.5 Å². The van der Waals surface area contributed by atoms with Gasteiger partial charge in [0.1, 0.15) is 11.4 Å². The highest BCUT2D eigenvalue weighted by molar-refractivity contribution is 5.97. The molecule has 128 valence electrons. The summed E-state index contributed by atoms with van der Waals surface area (Å²) in [5.74, 6) is 0.0752. The summed E-state index contributed by atoms with van der Waals surface area (Å²) in [6.45, 7) is 4.06. The molecule has 0 radical (unpaired) electrons. The molecule has 1 amide bonds. The third-order valence-corrected chi connectivity index (χ3v) is 4.25. The molecule has 3 N–H and O–H groups in total. The van der Waals surface area contributed by atoms with Crippen LogP contribution in [0.1, 0.15) is 36.2 Å². The quantitative estimate of drug-likeness (QED) is 0.755. The van der Waals surface area contributed by atoms with Crippen LogP contribution in [0.25, 0.3) is 11.3 Å². The number of nitrogens with zero attached hydrogens (tertiary/aromatic N) is 3. The first kappa shape index (κ1) is 16.4. The van der Waals surface area contributed by atoms with Crippen molar-refractivity contribution < 1.29 is 9.53 Å². The molecular weight excluding hydrogens is 306 g/mol. The zero-order valence-electron chi connectivity index (χ0n) is 13.7. The molecule has 0 spiro atoms. The molecule has 3 rings (SSSR count). The Bertz CT molecular complexity index is 679. The maximum atomic E-state index is 11.5. The van der Waals surface area contributed by atoms with Gasteiger partial charge in [-0.1, -0.05) is 18.6 Å². The largest absolute Gasteiger partial charge is 0.493 e. The highest BCUT2D eigenvalue weighted by atomic mass is 16.5. The van der Waals surface area contributed by atoms with Gasteiger partial charge in [-0.2, -0.15) is 15.4 Å². The van der Waals surface area contributed by atoms with Crippen molar-refractivity contribution >= 4 is 5.91 Å². The van der Waals surface area contributed by atoms with Crippen LogP contribution in [0.3, 0.4) is 0 Å². The number of ether oxygens (including phenoxy) is 1. The fourth-order valence-corrected chi connectivity index (χ4v) is 3.03. The number of benzene rings is 1. The van der Waals surface area contributed by atoms with Crippen molar-refractivity contribution in [3.05, 3.63) is 30.0 Å². The summed E-state index contributed by atoms with van der Waals surface area (Å²) in [7, 11) is 0. The number of aromatic amines is 1. The first-order valence-corrected chi connectivity index (χ1v) is 8.41. The van der Waals surface area contributed by atoms with Crippen LogP contribution in [0.15, 0.2) is 24.3 Å². The van der Waals surface area contributed by atoms with Gasteiger partial charge >= 0.3 is 0 Å². The van der Waals surface area contributed by atoms with Gasteiger partial charge in [-0.15, -0.1) is 0 Å². The number of rotatable bonds is 7. The highest BCUT2D eigenvalue weighted by Gasteiger charge is 2.18. The average Bonchev–Trinajstić information content (AvgIpc) is 3.10. The molecule has 2 heterocycles. The molecule has 1 fully saturated rings. The van der Waals surface area contributed by atoms with Crippen molar-refractivity contribution in [1.82, 2.24) is 20.3 Å². The molecule has 0 saturated carbocycles. The molecule has 1 aliphatic heterocycles. The highest BCUT2D eigenvalue weighted by Crippen LogP contribution is 2.29. The van der Waals surface area contributed by atoms with Crippen molar-refractivity contribution in [2.75, 3.05) is 26.2 Å². The Morgan fingerprint density at radius 1 is 1.21 bits per heavy atom. The number of carbonyl (C=O) groups is 1. The predicted molar refractivity (Wildman–Crippen MR) is 90.7 cm³/mol. The Morgan fingerprint density at radius 2 is 2.00 bits per heavy atom. The van der Waals surface area contributed by atoms with Gasteiger partial charge in [0.2, 0.25) is 0 Å². The molecule has 1 saturated heterocycles.